The number of halogens is 1. The molecule has 0 saturated carbocycles. The molecule has 0 heterocycles. The Morgan fingerprint density at radius 1 is 1.20 bits per heavy atom. The molecule has 0 spiro atoms. The van der Waals surface area contributed by atoms with Crippen molar-refractivity contribution >= 4 is 11.9 Å². The van der Waals surface area contributed by atoms with Gasteiger partial charge in [0.25, 0.3) is 0 Å². The maximum Gasteiger partial charge on any atom is 0.185 e. The van der Waals surface area contributed by atoms with Crippen LogP contribution in [0.3, 0.4) is 0 Å². The molecule has 2 nitrogen and oxygen atoms in total. The maximum absolute atomic E-state index is 13.2. The Labute approximate surface area is 117 Å². The molecule has 102 valence electrons. The predicted octanol–water partition coefficient (Wildman–Crippen LogP) is 4.04. The van der Waals surface area contributed by atoms with Crippen molar-refractivity contribution in [2.24, 2.45) is 0 Å². The molecule has 2 aromatic rings. The van der Waals surface area contributed by atoms with E-state index in [0.717, 1.165) is 5.56 Å². The van der Waals surface area contributed by atoms with E-state index in [0.29, 0.717) is 16.9 Å². The fraction of sp³-hybridized carbons (Fsp3) is 0.118. The van der Waals surface area contributed by atoms with Crippen LogP contribution < -0.4 is 4.74 Å². The fourth-order valence-corrected chi connectivity index (χ4v) is 1.86. The zero-order chi connectivity index (χ0) is 14.5. The highest BCUT2D eigenvalue weighted by Gasteiger charge is 2.05. The van der Waals surface area contributed by atoms with Crippen LogP contribution in [0.5, 0.6) is 5.75 Å². The molecular formula is C17H15FO2. The first kappa shape index (κ1) is 14.0. The minimum atomic E-state index is -0.310. The van der Waals surface area contributed by atoms with Gasteiger partial charge in [-0.05, 0) is 48.9 Å². The Morgan fingerprint density at radius 3 is 2.65 bits per heavy atom. The monoisotopic (exact) mass is 270 g/mol. The first-order valence-electron chi connectivity index (χ1n) is 6.23. The first-order chi connectivity index (χ1) is 9.61. The minimum absolute atomic E-state index is 0.168. The lowest BCUT2D eigenvalue weighted by Gasteiger charge is -2.03. The molecule has 2 rings (SSSR count). The average Bonchev–Trinajstić information content (AvgIpc) is 2.47. The third-order valence-electron chi connectivity index (χ3n) is 3.00. The number of aryl methyl sites for hydroxylation is 1. The lowest BCUT2D eigenvalue weighted by Crippen LogP contribution is -1.96. The number of rotatable bonds is 4. The number of ether oxygens (including phenoxy) is 1. The van der Waals surface area contributed by atoms with Gasteiger partial charge < -0.3 is 4.74 Å². The van der Waals surface area contributed by atoms with Crippen molar-refractivity contribution in [3.63, 3.8) is 0 Å². The van der Waals surface area contributed by atoms with Crippen LogP contribution in [0.2, 0.25) is 0 Å². The standard InChI is InChI=1S/C17H15FO2/c1-12-11-14(7-9-15(12)18)16(19)10-8-13-5-3-4-6-17(13)20-2/h3-11H,1-2H3/b10-8+. The van der Waals surface area contributed by atoms with E-state index >= 15 is 0 Å². The lowest BCUT2D eigenvalue weighted by atomic mass is 10.1. The second-order valence-electron chi connectivity index (χ2n) is 4.40. The largest absolute Gasteiger partial charge is 0.496 e. The number of hydrogen-bond acceptors (Lipinski definition) is 2. The fourth-order valence-electron chi connectivity index (χ4n) is 1.86. The highest BCUT2D eigenvalue weighted by Crippen LogP contribution is 2.19. The number of hydrogen-bond donors (Lipinski definition) is 0. The van der Waals surface area contributed by atoms with E-state index in [4.69, 9.17) is 4.74 Å². The number of benzene rings is 2. The molecule has 20 heavy (non-hydrogen) atoms. The van der Waals surface area contributed by atoms with Gasteiger partial charge in [0, 0.05) is 11.1 Å². The Balaban J connectivity index is 2.22. The summed E-state index contributed by atoms with van der Waals surface area (Å²) >= 11 is 0. The van der Waals surface area contributed by atoms with Crippen LogP contribution in [0.25, 0.3) is 6.08 Å². The van der Waals surface area contributed by atoms with Gasteiger partial charge in [-0.3, -0.25) is 4.79 Å². The van der Waals surface area contributed by atoms with E-state index in [9.17, 15) is 9.18 Å². The van der Waals surface area contributed by atoms with Crippen molar-refractivity contribution in [1.82, 2.24) is 0 Å². The van der Waals surface area contributed by atoms with Gasteiger partial charge in [0.05, 0.1) is 7.11 Å². The summed E-state index contributed by atoms with van der Waals surface area (Å²) < 4.78 is 18.4. The Kier molecular flexibility index (Phi) is 4.31. The number of para-hydroxylation sites is 1. The van der Waals surface area contributed by atoms with E-state index < -0.39 is 0 Å². The summed E-state index contributed by atoms with van der Waals surface area (Å²) in [5, 5.41) is 0. The van der Waals surface area contributed by atoms with Crippen molar-refractivity contribution in [1.29, 1.82) is 0 Å². The van der Waals surface area contributed by atoms with Crippen LogP contribution in [-0.2, 0) is 0 Å². The molecule has 0 unspecified atom stereocenters. The normalized spacial score (nSPS) is 10.8. The molecule has 0 radical (unpaired) electrons. The van der Waals surface area contributed by atoms with E-state index in [-0.39, 0.29) is 11.6 Å². The van der Waals surface area contributed by atoms with E-state index in [2.05, 4.69) is 0 Å². The quantitative estimate of drug-likeness (QED) is 0.619. The summed E-state index contributed by atoms with van der Waals surface area (Å²) in [5.41, 5.74) is 1.75. The number of carbonyl (C=O) groups excluding carboxylic acids is 1. The predicted molar refractivity (Wildman–Crippen MR) is 77.5 cm³/mol. The van der Waals surface area contributed by atoms with E-state index in [1.54, 1.807) is 26.2 Å². The minimum Gasteiger partial charge on any atom is -0.496 e. The van der Waals surface area contributed by atoms with E-state index in [1.165, 1.54) is 18.2 Å². The number of ketones is 1. The van der Waals surface area contributed by atoms with E-state index in [1.807, 2.05) is 24.3 Å². The molecule has 0 fully saturated rings. The molecule has 0 aliphatic rings. The average molecular weight is 270 g/mol. The van der Waals surface area contributed by atoms with Crippen molar-refractivity contribution in [3.05, 3.63) is 71.0 Å². The first-order valence-corrected chi connectivity index (χ1v) is 6.23. The zero-order valence-electron chi connectivity index (χ0n) is 11.4. The number of allylic oxidation sites excluding steroid dienone is 1. The molecule has 0 saturated heterocycles. The Bertz CT molecular complexity index is 660. The summed E-state index contributed by atoms with van der Waals surface area (Å²) in [7, 11) is 1.58. The van der Waals surface area contributed by atoms with Crippen molar-refractivity contribution in [2.45, 2.75) is 6.92 Å². The Morgan fingerprint density at radius 2 is 1.95 bits per heavy atom. The molecular weight excluding hydrogens is 255 g/mol. The lowest BCUT2D eigenvalue weighted by molar-refractivity contribution is 0.104. The van der Waals surface area contributed by atoms with Gasteiger partial charge >= 0.3 is 0 Å². The third-order valence-corrected chi connectivity index (χ3v) is 3.00. The van der Waals surface area contributed by atoms with Crippen LogP contribution in [0.4, 0.5) is 4.39 Å². The summed E-state index contributed by atoms with van der Waals surface area (Å²) in [6.45, 7) is 1.63. The van der Waals surface area contributed by atoms with Crippen LogP contribution in [0.1, 0.15) is 21.5 Å². The van der Waals surface area contributed by atoms with Crippen molar-refractivity contribution < 1.29 is 13.9 Å². The molecule has 2 aromatic carbocycles. The van der Waals surface area contributed by atoms with Crippen LogP contribution >= 0.6 is 0 Å². The highest BCUT2D eigenvalue weighted by atomic mass is 19.1. The molecule has 0 atom stereocenters. The molecule has 0 aliphatic heterocycles. The summed E-state index contributed by atoms with van der Waals surface area (Å²) in [4.78, 5) is 12.0. The van der Waals surface area contributed by atoms with Crippen molar-refractivity contribution in [2.75, 3.05) is 7.11 Å². The molecule has 0 aliphatic carbocycles. The van der Waals surface area contributed by atoms with Crippen LogP contribution in [-0.4, -0.2) is 12.9 Å². The molecule has 0 N–H and O–H groups in total. The smallest absolute Gasteiger partial charge is 0.185 e. The second-order valence-corrected chi connectivity index (χ2v) is 4.40. The summed E-state index contributed by atoms with van der Waals surface area (Å²) in [6, 6.07) is 11.8. The van der Waals surface area contributed by atoms with Crippen molar-refractivity contribution in [3.8, 4) is 5.75 Å². The Hall–Kier alpha value is -2.42. The van der Waals surface area contributed by atoms with Gasteiger partial charge in [-0.1, -0.05) is 18.2 Å². The molecule has 0 bridgehead atoms. The maximum atomic E-state index is 13.2. The van der Waals surface area contributed by atoms with Gasteiger partial charge in [0.2, 0.25) is 0 Å². The van der Waals surface area contributed by atoms with Crippen LogP contribution in [0, 0.1) is 12.7 Å². The third kappa shape index (κ3) is 3.12. The van der Waals surface area contributed by atoms with Crippen LogP contribution in [0.15, 0.2) is 48.5 Å². The zero-order valence-corrected chi connectivity index (χ0v) is 11.4. The van der Waals surface area contributed by atoms with Gasteiger partial charge in [0.1, 0.15) is 11.6 Å². The van der Waals surface area contributed by atoms with Gasteiger partial charge in [-0.2, -0.15) is 0 Å². The number of methoxy groups -OCH3 is 1. The van der Waals surface area contributed by atoms with Gasteiger partial charge in [0.15, 0.2) is 5.78 Å². The SMILES string of the molecule is COc1ccccc1/C=C/C(=O)c1ccc(F)c(C)c1. The summed E-state index contributed by atoms with van der Waals surface area (Å²) in [6.07, 6.45) is 3.16. The summed E-state index contributed by atoms with van der Waals surface area (Å²) in [5.74, 6) is 0.223. The van der Waals surface area contributed by atoms with Gasteiger partial charge in [-0.25, -0.2) is 4.39 Å². The topological polar surface area (TPSA) is 26.3 Å². The molecule has 0 aromatic heterocycles. The number of carbonyl (C=O) groups is 1. The molecule has 0 amide bonds. The molecule has 3 heteroatoms. The van der Waals surface area contributed by atoms with Gasteiger partial charge in [-0.15, -0.1) is 0 Å². The second kappa shape index (κ2) is 6.15. The highest BCUT2D eigenvalue weighted by molar-refractivity contribution is 6.07.